The maximum absolute atomic E-state index is 10.1. The van der Waals surface area contributed by atoms with E-state index in [9.17, 15) is 5.26 Å². The molecule has 9 heteroatoms. The van der Waals surface area contributed by atoms with Crippen molar-refractivity contribution in [3.05, 3.63) is 282 Å². The van der Waals surface area contributed by atoms with Gasteiger partial charge < -0.3 is 18.3 Å². The van der Waals surface area contributed by atoms with Crippen LogP contribution in [0.15, 0.2) is 253 Å². The Labute approximate surface area is 473 Å². The van der Waals surface area contributed by atoms with Gasteiger partial charge in [0.1, 0.15) is 0 Å². The summed E-state index contributed by atoms with van der Waals surface area (Å²) < 4.78 is 9.45. The highest BCUT2D eigenvalue weighted by atomic mass is 32.2. The molecule has 7 heterocycles. The second-order valence-corrected chi connectivity index (χ2v) is 22.6. The molecule has 1 spiro atoms. The Kier molecular flexibility index (Phi) is 9.07. The smallest absolute Gasteiger partial charge is 0.188 e. The van der Waals surface area contributed by atoms with Gasteiger partial charge >= 0.3 is 0 Å². The van der Waals surface area contributed by atoms with E-state index in [0.717, 1.165) is 132 Å². The molecule has 18 rings (SSSR count). The average Bonchev–Trinajstić information content (AvgIpc) is 4.01. The lowest BCUT2D eigenvalue weighted by Gasteiger charge is -2.40. The van der Waals surface area contributed by atoms with E-state index >= 15 is 0 Å². The lowest BCUT2D eigenvalue weighted by molar-refractivity contribution is 0.716. The Bertz CT molecular complexity index is 5170. The summed E-state index contributed by atoms with van der Waals surface area (Å²) in [6.07, 6.45) is 4.08. The van der Waals surface area contributed by atoms with Gasteiger partial charge in [0.25, 0.3) is 0 Å². The van der Waals surface area contributed by atoms with Gasteiger partial charge in [0.2, 0.25) is 0 Å². The molecular weight excluding hydrogens is 1020 g/mol. The molecule has 10 aromatic carbocycles. The quantitative estimate of drug-likeness (QED) is 0.165. The summed E-state index contributed by atoms with van der Waals surface area (Å²) >= 11 is 1.80. The van der Waals surface area contributed by atoms with E-state index in [1.54, 1.807) is 11.8 Å². The van der Waals surface area contributed by atoms with Crippen LogP contribution in [-0.4, -0.2) is 28.2 Å². The molecule has 6 aromatic heterocycles. The molecular formula is C73H40N8S. The van der Waals surface area contributed by atoms with Crippen LogP contribution >= 0.6 is 11.8 Å². The zero-order valence-corrected chi connectivity index (χ0v) is 44.4. The van der Waals surface area contributed by atoms with Crippen LogP contribution in [0.1, 0.15) is 27.8 Å². The zero-order chi connectivity index (χ0) is 53.9. The van der Waals surface area contributed by atoms with Gasteiger partial charge in [-0.2, -0.15) is 5.26 Å². The second-order valence-electron chi connectivity index (χ2n) is 21.5. The summed E-state index contributed by atoms with van der Waals surface area (Å²) in [5.74, 6) is 0. The first-order valence-electron chi connectivity index (χ1n) is 27.4. The minimum Gasteiger partial charge on any atom is -0.309 e. The van der Waals surface area contributed by atoms with E-state index in [0.29, 0.717) is 11.3 Å². The molecule has 8 nitrogen and oxygen atoms in total. The van der Waals surface area contributed by atoms with Gasteiger partial charge in [-0.1, -0.05) is 139 Å². The van der Waals surface area contributed by atoms with Gasteiger partial charge in [-0.05, 0) is 120 Å². The summed E-state index contributed by atoms with van der Waals surface area (Å²) in [6.45, 7) is 7.94. The lowest BCUT2D eigenvalue weighted by atomic mass is 9.67. The van der Waals surface area contributed by atoms with Crippen LogP contribution in [0.2, 0.25) is 0 Å². The first-order chi connectivity index (χ1) is 40.6. The van der Waals surface area contributed by atoms with Crippen molar-refractivity contribution in [1.29, 1.82) is 5.26 Å². The van der Waals surface area contributed by atoms with Gasteiger partial charge in [0.15, 0.2) is 5.69 Å². The highest BCUT2D eigenvalue weighted by Crippen LogP contribution is 2.63. The standard InChI is InChI=1S/C73H40N8S/c1-75-44-27-33-68-56(35-44)54-19-7-13-25-66(54)79(68)46-29-31-58-70(39-46)82-69-38-45(78-65-24-12-6-18-53(65)55-34-43(40-74)26-32-67(55)78)28-30-57(69)73(58)59-36-47(80-61-20-8-2-14-49(61)50-15-3-9-21-62(50)80)41-76-71(59)72-60(73)37-48(42-77-72)81-63-22-10-4-16-51(63)52-17-5-11-23-64(52)81/h2-39,41-42H. The third kappa shape index (κ3) is 5.88. The molecule has 82 heavy (non-hydrogen) atoms. The number of benzene rings is 10. The van der Waals surface area contributed by atoms with Crippen LogP contribution in [0.4, 0.5) is 5.69 Å². The fraction of sp³-hybridized carbons (Fsp3) is 0.0137. The van der Waals surface area contributed by atoms with E-state index in [1.165, 1.54) is 21.5 Å². The van der Waals surface area contributed by atoms with Crippen LogP contribution < -0.4 is 0 Å². The highest BCUT2D eigenvalue weighted by Gasteiger charge is 2.52. The largest absolute Gasteiger partial charge is 0.309 e. The molecule has 0 N–H and O–H groups in total. The average molecular weight is 1060 g/mol. The molecule has 378 valence electrons. The number of hydrogen-bond donors (Lipinski definition) is 0. The Hall–Kier alpha value is -11.0. The number of pyridine rings is 2. The molecule has 2 aliphatic rings. The molecule has 0 amide bonds. The van der Waals surface area contributed by atoms with Crippen LogP contribution in [0.5, 0.6) is 0 Å². The maximum Gasteiger partial charge on any atom is 0.188 e. The van der Waals surface area contributed by atoms with Crippen molar-refractivity contribution in [3.8, 4) is 40.2 Å². The Morgan fingerprint density at radius 2 is 0.732 bits per heavy atom. The number of nitrogens with zero attached hydrogens (tertiary/aromatic N) is 8. The van der Waals surface area contributed by atoms with E-state index < -0.39 is 5.41 Å². The normalized spacial score (nSPS) is 13.1. The summed E-state index contributed by atoms with van der Waals surface area (Å²) in [6, 6.07) is 85.0. The third-order valence-corrected chi connectivity index (χ3v) is 18.6. The van der Waals surface area contributed by atoms with Crippen molar-refractivity contribution in [3.63, 3.8) is 0 Å². The number of para-hydroxylation sites is 6. The number of aromatic nitrogens is 6. The summed E-state index contributed by atoms with van der Waals surface area (Å²) in [4.78, 5) is 17.2. The Morgan fingerprint density at radius 3 is 1.15 bits per heavy atom. The van der Waals surface area contributed by atoms with Crippen LogP contribution in [0, 0.1) is 17.9 Å². The number of rotatable bonds is 4. The van der Waals surface area contributed by atoms with Gasteiger partial charge in [-0.15, -0.1) is 0 Å². The van der Waals surface area contributed by atoms with Crippen molar-refractivity contribution in [2.24, 2.45) is 0 Å². The van der Waals surface area contributed by atoms with Crippen LogP contribution in [-0.2, 0) is 5.41 Å². The van der Waals surface area contributed by atoms with E-state index in [1.807, 2.05) is 36.7 Å². The molecule has 0 atom stereocenters. The topological polar surface area (TPSA) is 73.7 Å². The lowest BCUT2D eigenvalue weighted by Crippen LogP contribution is -2.32. The third-order valence-electron chi connectivity index (χ3n) is 17.5. The number of nitriles is 1. The summed E-state index contributed by atoms with van der Waals surface area (Å²) in [5, 5.41) is 19.1. The Balaban J connectivity index is 0.967. The maximum atomic E-state index is 10.1. The molecule has 0 radical (unpaired) electrons. The van der Waals surface area contributed by atoms with Gasteiger partial charge in [0.05, 0.1) is 103 Å². The molecule has 16 aromatic rings. The fourth-order valence-electron chi connectivity index (χ4n) is 14.2. The predicted molar refractivity (Wildman–Crippen MR) is 332 cm³/mol. The molecule has 1 aliphatic heterocycles. The van der Waals surface area contributed by atoms with Crippen molar-refractivity contribution < 1.29 is 0 Å². The van der Waals surface area contributed by atoms with E-state index in [2.05, 4.69) is 235 Å². The number of fused-ring (bicyclic) bond motifs is 21. The molecule has 0 saturated heterocycles. The fourth-order valence-corrected chi connectivity index (χ4v) is 15.5. The SMILES string of the molecule is [C-]#[N+]c1ccc2c(c1)c1ccccc1n2-c1ccc2c(c1)Sc1cc(-n3c4ccccc4c4cc(C#N)ccc43)ccc1C21c2cc(-n3c4ccccc4c4ccccc43)cnc2-c2ncc(-n3c4ccccc4c4ccccc43)cc21. The van der Waals surface area contributed by atoms with Crippen molar-refractivity contribution in [1.82, 2.24) is 28.2 Å². The van der Waals surface area contributed by atoms with Gasteiger partial charge in [-0.25, -0.2) is 4.85 Å². The molecule has 1 aliphatic carbocycles. The predicted octanol–water partition coefficient (Wildman–Crippen LogP) is 18.1. The minimum absolute atomic E-state index is 0.612. The molecule has 0 unspecified atom stereocenters. The molecule has 0 fully saturated rings. The minimum atomic E-state index is -0.935. The zero-order valence-electron chi connectivity index (χ0n) is 43.6. The first-order valence-corrected chi connectivity index (χ1v) is 28.2. The first kappa shape index (κ1) is 45.0. The Morgan fingerprint density at radius 1 is 0.366 bits per heavy atom. The molecule has 0 bridgehead atoms. The van der Waals surface area contributed by atoms with Crippen LogP contribution in [0.25, 0.3) is 126 Å². The monoisotopic (exact) mass is 1060 g/mol. The summed E-state index contributed by atoms with van der Waals surface area (Å²) in [5.41, 5.74) is 19.0. The van der Waals surface area contributed by atoms with Gasteiger partial charge in [-0.3, -0.25) is 9.97 Å². The number of hydrogen-bond acceptors (Lipinski definition) is 4. The van der Waals surface area contributed by atoms with E-state index in [-0.39, 0.29) is 0 Å². The van der Waals surface area contributed by atoms with Crippen LogP contribution in [0.3, 0.4) is 0 Å². The van der Waals surface area contributed by atoms with Gasteiger partial charge in [0, 0.05) is 70.0 Å². The molecule has 0 saturated carbocycles. The second kappa shape index (κ2) is 16.5. The van der Waals surface area contributed by atoms with Crippen molar-refractivity contribution >= 4 is 105 Å². The summed E-state index contributed by atoms with van der Waals surface area (Å²) in [7, 11) is 0. The van der Waals surface area contributed by atoms with Crippen molar-refractivity contribution in [2.75, 3.05) is 0 Å². The van der Waals surface area contributed by atoms with E-state index in [4.69, 9.17) is 16.5 Å². The highest BCUT2D eigenvalue weighted by molar-refractivity contribution is 7.99. The van der Waals surface area contributed by atoms with Crippen molar-refractivity contribution in [2.45, 2.75) is 15.2 Å².